The number of fused-ring (bicyclic) bond motifs is 1. The number of hydrogen-bond donors (Lipinski definition) is 2. The largest absolute Gasteiger partial charge is 0.493 e. The first kappa shape index (κ1) is 34.1. The lowest BCUT2D eigenvalue weighted by atomic mass is 9.93. The third-order valence-corrected chi connectivity index (χ3v) is 9.25. The van der Waals surface area contributed by atoms with Crippen LogP contribution >= 0.6 is 0 Å². The molecule has 2 heterocycles. The van der Waals surface area contributed by atoms with Crippen LogP contribution in [0.5, 0.6) is 23.0 Å². The molecule has 4 aromatic rings. The van der Waals surface area contributed by atoms with Crippen molar-refractivity contribution in [3.05, 3.63) is 84.1 Å². The van der Waals surface area contributed by atoms with Crippen LogP contribution in [0, 0.1) is 22.5 Å². The minimum Gasteiger partial charge on any atom is -0.493 e. The fraction of sp³-hybridized carbons (Fsp3) is 0.378. The molecule has 1 saturated carbocycles. The maximum Gasteiger partial charge on any atom is 0.240 e. The number of hydrogen-bond acceptors (Lipinski definition) is 8. The van der Waals surface area contributed by atoms with Gasteiger partial charge in [-0.25, -0.2) is 8.78 Å². The SMILES string of the molecule is COc1cc2c(Oc3ccc(CNC(=O)C4(C(=O)Nc5ccc(F)cc5)CC4(C)C)cc3F)ccnc2cc1OCCCN1CCOCC1. The molecule has 2 aliphatic rings. The highest BCUT2D eigenvalue weighted by Crippen LogP contribution is 2.64. The third kappa shape index (κ3) is 7.45. The topological polar surface area (TPSA) is 111 Å². The minimum absolute atomic E-state index is 0.00228. The van der Waals surface area contributed by atoms with Crippen LogP contribution in [0.2, 0.25) is 0 Å². The molecule has 10 nitrogen and oxygen atoms in total. The molecule has 0 bridgehead atoms. The van der Waals surface area contributed by atoms with Crippen LogP contribution in [-0.4, -0.2) is 68.3 Å². The van der Waals surface area contributed by atoms with E-state index in [2.05, 4.69) is 20.5 Å². The van der Waals surface area contributed by atoms with Crippen molar-refractivity contribution in [3.63, 3.8) is 0 Å². The molecule has 2 N–H and O–H groups in total. The summed E-state index contributed by atoms with van der Waals surface area (Å²) in [6.07, 6.45) is 2.77. The summed E-state index contributed by atoms with van der Waals surface area (Å²) in [5.74, 6) is -0.555. The first-order chi connectivity index (χ1) is 23.6. The summed E-state index contributed by atoms with van der Waals surface area (Å²) in [6.45, 7) is 8.46. The predicted octanol–water partition coefficient (Wildman–Crippen LogP) is 6.09. The van der Waals surface area contributed by atoms with E-state index in [1.54, 1.807) is 37.6 Å². The van der Waals surface area contributed by atoms with E-state index in [4.69, 9.17) is 18.9 Å². The zero-order chi connectivity index (χ0) is 34.6. The quantitative estimate of drug-likeness (QED) is 0.130. The molecule has 1 saturated heterocycles. The van der Waals surface area contributed by atoms with Gasteiger partial charge >= 0.3 is 0 Å². The van der Waals surface area contributed by atoms with Crippen molar-refractivity contribution in [3.8, 4) is 23.0 Å². The number of anilines is 1. The third-order valence-electron chi connectivity index (χ3n) is 9.25. The van der Waals surface area contributed by atoms with Crippen LogP contribution in [0.3, 0.4) is 0 Å². The van der Waals surface area contributed by atoms with E-state index in [1.807, 2.05) is 13.8 Å². The summed E-state index contributed by atoms with van der Waals surface area (Å²) in [4.78, 5) is 33.4. The van der Waals surface area contributed by atoms with Crippen LogP contribution in [-0.2, 0) is 20.9 Å². The molecule has 0 radical (unpaired) electrons. The van der Waals surface area contributed by atoms with E-state index in [-0.39, 0.29) is 12.3 Å². The molecule has 1 atom stereocenters. The van der Waals surface area contributed by atoms with Crippen molar-refractivity contribution < 1.29 is 37.3 Å². The zero-order valence-electron chi connectivity index (χ0n) is 27.8. The van der Waals surface area contributed by atoms with Crippen molar-refractivity contribution in [2.75, 3.05) is 51.9 Å². The monoisotopic (exact) mass is 674 g/mol. The molecule has 2 fully saturated rings. The second-order valence-corrected chi connectivity index (χ2v) is 13.0. The van der Waals surface area contributed by atoms with Crippen LogP contribution < -0.4 is 24.8 Å². The molecule has 1 unspecified atom stereocenters. The van der Waals surface area contributed by atoms with Gasteiger partial charge in [-0.3, -0.25) is 19.5 Å². The highest BCUT2D eigenvalue weighted by molar-refractivity contribution is 6.14. The van der Waals surface area contributed by atoms with Gasteiger partial charge in [0, 0.05) is 49.5 Å². The van der Waals surface area contributed by atoms with Crippen molar-refractivity contribution in [1.29, 1.82) is 0 Å². The van der Waals surface area contributed by atoms with Crippen molar-refractivity contribution in [2.45, 2.75) is 33.2 Å². The first-order valence-electron chi connectivity index (χ1n) is 16.3. The number of aromatic nitrogens is 1. The minimum atomic E-state index is -1.31. The molecule has 6 rings (SSSR count). The summed E-state index contributed by atoms with van der Waals surface area (Å²) in [7, 11) is 1.56. The molecular formula is C37H40F2N4O6. The van der Waals surface area contributed by atoms with Gasteiger partial charge in [-0.1, -0.05) is 19.9 Å². The lowest BCUT2D eigenvalue weighted by molar-refractivity contribution is -0.136. The van der Waals surface area contributed by atoms with E-state index in [0.717, 1.165) is 39.3 Å². The number of halogens is 2. The second kappa shape index (κ2) is 14.4. The number of amides is 2. The van der Waals surface area contributed by atoms with Crippen molar-refractivity contribution >= 4 is 28.4 Å². The standard InChI is InChI=1S/C37H40F2N4O6/c1-36(2)23-37(36,35(45)42-26-8-6-25(38)7-9-26)34(44)41-22-24-5-10-31(28(39)19-24)49-30-11-12-40-29-21-33(32(46-3)20-27(29)30)48-16-4-13-43-14-17-47-18-15-43/h5-12,19-21H,4,13-18,22-23H2,1-3H3,(H,41,44)(H,42,45). The van der Waals surface area contributed by atoms with E-state index in [0.29, 0.717) is 52.4 Å². The van der Waals surface area contributed by atoms with Crippen molar-refractivity contribution in [2.24, 2.45) is 10.8 Å². The molecule has 0 spiro atoms. The van der Waals surface area contributed by atoms with Gasteiger partial charge in [0.15, 0.2) is 23.1 Å². The number of nitrogens with zero attached hydrogens (tertiary/aromatic N) is 2. The summed E-state index contributed by atoms with van der Waals surface area (Å²) in [6, 6.07) is 15.0. The first-order valence-corrected chi connectivity index (χ1v) is 16.3. The highest BCUT2D eigenvalue weighted by atomic mass is 19.1. The van der Waals surface area contributed by atoms with Gasteiger partial charge < -0.3 is 29.6 Å². The van der Waals surface area contributed by atoms with E-state index < -0.39 is 34.3 Å². The summed E-state index contributed by atoms with van der Waals surface area (Å²) in [5.41, 5.74) is -0.414. The molecular weight excluding hydrogens is 634 g/mol. The van der Waals surface area contributed by atoms with Crippen LogP contribution in [0.25, 0.3) is 10.9 Å². The van der Waals surface area contributed by atoms with Gasteiger partial charge in [0.25, 0.3) is 0 Å². The van der Waals surface area contributed by atoms with Crippen LogP contribution in [0.15, 0.2) is 66.9 Å². The van der Waals surface area contributed by atoms with Crippen molar-refractivity contribution in [1.82, 2.24) is 15.2 Å². The number of benzene rings is 3. The Morgan fingerprint density at radius 2 is 1.69 bits per heavy atom. The number of carbonyl (C=O) groups excluding carboxylic acids is 2. The molecule has 2 amide bonds. The number of pyridine rings is 1. The average Bonchev–Trinajstić information content (AvgIpc) is 3.71. The number of carbonyl (C=O) groups is 2. The van der Waals surface area contributed by atoms with Crippen LogP contribution in [0.4, 0.5) is 14.5 Å². The fourth-order valence-corrected chi connectivity index (χ4v) is 6.24. The average molecular weight is 675 g/mol. The Labute approximate surface area is 283 Å². The molecule has 49 heavy (non-hydrogen) atoms. The molecule has 1 aliphatic carbocycles. The molecule has 258 valence electrons. The number of nitrogens with one attached hydrogen (secondary N) is 2. The predicted molar refractivity (Wildman–Crippen MR) is 180 cm³/mol. The van der Waals surface area contributed by atoms with E-state index in [9.17, 15) is 14.0 Å². The smallest absolute Gasteiger partial charge is 0.240 e. The number of rotatable bonds is 13. The van der Waals surface area contributed by atoms with Gasteiger partial charge in [0.2, 0.25) is 11.8 Å². The summed E-state index contributed by atoms with van der Waals surface area (Å²) >= 11 is 0. The summed E-state index contributed by atoms with van der Waals surface area (Å²) < 4.78 is 51.7. The zero-order valence-corrected chi connectivity index (χ0v) is 27.8. The highest BCUT2D eigenvalue weighted by Gasteiger charge is 2.71. The lowest BCUT2D eigenvalue weighted by Gasteiger charge is -2.26. The van der Waals surface area contributed by atoms with Gasteiger partial charge in [0.05, 0.1) is 32.4 Å². The lowest BCUT2D eigenvalue weighted by Crippen LogP contribution is -2.42. The summed E-state index contributed by atoms with van der Waals surface area (Å²) in [5, 5.41) is 6.14. The van der Waals surface area contributed by atoms with Gasteiger partial charge in [0.1, 0.15) is 17.0 Å². The molecule has 12 heteroatoms. The Hall–Kier alpha value is -4.81. The maximum absolute atomic E-state index is 15.3. The Kier molecular flexibility index (Phi) is 9.98. The van der Waals surface area contributed by atoms with Gasteiger partial charge in [-0.05, 0) is 72.4 Å². The number of morpholine rings is 1. The Bertz CT molecular complexity index is 1830. The van der Waals surface area contributed by atoms with Gasteiger partial charge in [-0.2, -0.15) is 0 Å². The Balaban J connectivity index is 1.09. The number of ether oxygens (including phenoxy) is 4. The van der Waals surface area contributed by atoms with Gasteiger partial charge in [-0.15, -0.1) is 0 Å². The Morgan fingerprint density at radius 3 is 2.39 bits per heavy atom. The molecule has 3 aromatic carbocycles. The van der Waals surface area contributed by atoms with E-state index in [1.165, 1.54) is 36.4 Å². The second-order valence-electron chi connectivity index (χ2n) is 13.0. The van der Waals surface area contributed by atoms with E-state index >= 15 is 4.39 Å². The fourth-order valence-electron chi connectivity index (χ4n) is 6.24. The number of methoxy groups -OCH3 is 1. The Morgan fingerprint density at radius 1 is 0.939 bits per heavy atom. The maximum atomic E-state index is 15.3. The molecule has 1 aliphatic heterocycles. The molecule has 1 aromatic heterocycles. The van der Waals surface area contributed by atoms with Crippen LogP contribution in [0.1, 0.15) is 32.3 Å². The normalized spacial score (nSPS) is 18.5.